The Morgan fingerprint density at radius 3 is 2.64 bits per heavy atom. The molecule has 0 radical (unpaired) electrons. The third-order valence-corrected chi connectivity index (χ3v) is 5.62. The Labute approximate surface area is 187 Å². The minimum absolute atomic E-state index is 0.124. The minimum atomic E-state index is -0.521. The van der Waals surface area contributed by atoms with E-state index >= 15 is 0 Å². The summed E-state index contributed by atoms with van der Waals surface area (Å²) in [5.74, 6) is 7.47. The maximum atomic E-state index is 12.6. The van der Waals surface area contributed by atoms with E-state index in [2.05, 4.69) is 67.3 Å². The van der Waals surface area contributed by atoms with Crippen LogP contribution in [0.5, 0.6) is 0 Å². The first kappa shape index (κ1) is 21.2. The van der Waals surface area contributed by atoms with Crippen LogP contribution in [0.2, 0.25) is 0 Å². The van der Waals surface area contributed by atoms with Gasteiger partial charge in [0.15, 0.2) is 0 Å². The number of hydrogen-bond donors (Lipinski definition) is 1. The first-order valence-corrected chi connectivity index (χ1v) is 11.0. The van der Waals surface area contributed by atoms with Gasteiger partial charge in [-0.2, -0.15) is 0 Å². The van der Waals surface area contributed by atoms with Gasteiger partial charge in [0, 0.05) is 16.6 Å². The van der Waals surface area contributed by atoms with Gasteiger partial charge in [-0.05, 0) is 85.9 Å². The highest BCUT2D eigenvalue weighted by Crippen LogP contribution is 2.35. The lowest BCUT2D eigenvalue weighted by molar-refractivity contribution is 0.0214. The first-order chi connectivity index (χ1) is 13.1. The van der Waals surface area contributed by atoms with Crippen molar-refractivity contribution < 1.29 is 9.53 Å². The highest BCUT2D eigenvalue weighted by molar-refractivity contribution is 14.1. The topological polar surface area (TPSA) is 58.2 Å². The van der Waals surface area contributed by atoms with Gasteiger partial charge in [-0.25, -0.2) is 9.78 Å². The second-order valence-electron chi connectivity index (χ2n) is 8.03. The zero-order chi connectivity index (χ0) is 20.5. The molecule has 1 amide bonds. The lowest BCUT2D eigenvalue weighted by atomic mass is 10.1. The summed E-state index contributed by atoms with van der Waals surface area (Å²) in [5.41, 5.74) is 1.18. The summed E-state index contributed by atoms with van der Waals surface area (Å²) in [4.78, 5) is 22.4. The molecule has 1 aliphatic heterocycles. The van der Waals surface area contributed by atoms with Gasteiger partial charge in [-0.3, -0.25) is 4.90 Å². The number of benzene rings is 1. The lowest BCUT2D eigenvalue weighted by Crippen LogP contribution is -2.37. The van der Waals surface area contributed by atoms with Gasteiger partial charge >= 0.3 is 6.09 Å². The van der Waals surface area contributed by atoms with Crippen molar-refractivity contribution in [2.75, 3.05) is 6.54 Å². The minimum Gasteiger partial charge on any atom is -0.444 e. The number of nitrogens with one attached hydrogen (secondary N) is 1. The van der Waals surface area contributed by atoms with Crippen molar-refractivity contribution in [2.24, 2.45) is 5.92 Å². The number of likely N-dealkylation sites (tertiary alicyclic amines) is 1. The predicted molar refractivity (Wildman–Crippen MR) is 121 cm³/mol. The molecule has 1 aliphatic rings. The van der Waals surface area contributed by atoms with Crippen LogP contribution >= 0.6 is 38.5 Å². The highest BCUT2D eigenvalue weighted by atomic mass is 127. The Bertz CT molecular complexity index is 922. The van der Waals surface area contributed by atoms with Crippen molar-refractivity contribution in [2.45, 2.75) is 45.8 Å². The molecule has 28 heavy (non-hydrogen) atoms. The molecule has 3 rings (SSSR count). The van der Waals surface area contributed by atoms with Crippen molar-refractivity contribution in [3.63, 3.8) is 0 Å². The fourth-order valence-electron chi connectivity index (χ4n) is 3.11. The molecule has 1 aromatic carbocycles. The molecule has 1 unspecified atom stereocenters. The third-order valence-electron chi connectivity index (χ3n) is 4.31. The molecule has 0 saturated carbocycles. The Morgan fingerprint density at radius 2 is 2.00 bits per heavy atom. The van der Waals surface area contributed by atoms with E-state index in [-0.39, 0.29) is 12.1 Å². The maximum Gasteiger partial charge on any atom is 0.410 e. The van der Waals surface area contributed by atoms with Crippen LogP contribution in [0, 0.1) is 21.5 Å². The van der Waals surface area contributed by atoms with Crippen molar-refractivity contribution in [3.05, 3.63) is 49.5 Å². The average molecular weight is 556 g/mol. The summed E-state index contributed by atoms with van der Waals surface area (Å²) >= 11 is 5.61. The van der Waals surface area contributed by atoms with E-state index < -0.39 is 5.60 Å². The van der Waals surface area contributed by atoms with Gasteiger partial charge in [0.1, 0.15) is 20.8 Å². The third kappa shape index (κ3) is 5.29. The Morgan fingerprint density at radius 1 is 1.32 bits per heavy atom. The number of hydrogen-bond acceptors (Lipinski definition) is 3. The molecule has 1 saturated heterocycles. The zero-order valence-electron chi connectivity index (χ0n) is 16.3. The number of halogens is 2. The number of carbonyl (C=O) groups is 1. The van der Waals surface area contributed by atoms with Crippen LogP contribution in [0.15, 0.2) is 28.7 Å². The second kappa shape index (κ2) is 8.46. The van der Waals surface area contributed by atoms with Crippen molar-refractivity contribution in [1.82, 2.24) is 14.9 Å². The number of H-pyrrole nitrogens is 1. The fourth-order valence-corrected chi connectivity index (χ4v) is 3.90. The summed E-state index contributed by atoms with van der Waals surface area (Å²) in [6.45, 7) is 8.44. The molecule has 1 aromatic heterocycles. The van der Waals surface area contributed by atoms with E-state index in [0.717, 1.165) is 31.7 Å². The molecule has 2 aromatic rings. The number of carbonyl (C=O) groups excluding carboxylic acids is 1. The number of aromatic amines is 1. The smallest absolute Gasteiger partial charge is 0.410 e. The standard InChI is InChI=1S/C21H23BrIN3O2/c1-13-11-17(26(12-13)20(27)28-21(2,3)4)19-24-16(18(23)25-19)10-7-14-5-8-15(22)9-6-14/h5-6,8-9,13,17H,11-12H2,1-4H3,(H,24,25)/t13-,17?/m0/s1. The van der Waals surface area contributed by atoms with Gasteiger partial charge in [-0.1, -0.05) is 28.8 Å². The number of ether oxygens (including phenoxy) is 1. The largest absolute Gasteiger partial charge is 0.444 e. The molecule has 7 heteroatoms. The van der Waals surface area contributed by atoms with Crippen LogP contribution in [0.3, 0.4) is 0 Å². The number of imidazole rings is 1. The van der Waals surface area contributed by atoms with Gasteiger partial charge in [-0.15, -0.1) is 0 Å². The van der Waals surface area contributed by atoms with Crippen molar-refractivity contribution in [3.8, 4) is 11.8 Å². The molecule has 148 valence electrons. The molecule has 2 atom stereocenters. The molecular formula is C21H23BrIN3O2. The van der Waals surface area contributed by atoms with Crippen LogP contribution in [-0.4, -0.2) is 33.1 Å². The molecule has 0 spiro atoms. The molecule has 5 nitrogen and oxygen atoms in total. The normalized spacial score (nSPS) is 19.3. The SMILES string of the molecule is C[C@H]1CC(c2nc(I)c(C#Cc3ccc(Br)cc3)[nH]2)N(C(=O)OC(C)(C)C)C1. The maximum absolute atomic E-state index is 12.6. The van der Waals surface area contributed by atoms with E-state index in [1.54, 1.807) is 4.90 Å². The van der Waals surface area contributed by atoms with E-state index in [0.29, 0.717) is 12.5 Å². The Hall–Kier alpha value is -1.53. The van der Waals surface area contributed by atoms with Gasteiger partial charge in [0.05, 0.1) is 6.04 Å². The summed E-state index contributed by atoms with van der Waals surface area (Å²) in [6, 6.07) is 7.73. The van der Waals surface area contributed by atoms with E-state index in [4.69, 9.17) is 4.74 Å². The summed E-state index contributed by atoms with van der Waals surface area (Å²) in [6.07, 6.45) is 0.554. The number of rotatable bonds is 1. The molecular weight excluding hydrogens is 533 g/mol. The molecule has 1 fully saturated rings. The zero-order valence-corrected chi connectivity index (χ0v) is 20.1. The molecule has 2 heterocycles. The van der Waals surface area contributed by atoms with Crippen molar-refractivity contribution >= 4 is 44.6 Å². The fraction of sp³-hybridized carbons (Fsp3) is 0.429. The van der Waals surface area contributed by atoms with Crippen LogP contribution in [0.25, 0.3) is 0 Å². The molecule has 0 aliphatic carbocycles. The van der Waals surface area contributed by atoms with E-state index in [1.165, 1.54) is 0 Å². The highest BCUT2D eigenvalue weighted by Gasteiger charge is 2.38. The van der Waals surface area contributed by atoms with Gasteiger partial charge < -0.3 is 9.72 Å². The first-order valence-electron chi connectivity index (χ1n) is 9.15. The number of amides is 1. The van der Waals surface area contributed by atoms with Gasteiger partial charge in [0.2, 0.25) is 0 Å². The predicted octanol–water partition coefficient (Wildman–Crippen LogP) is 5.49. The van der Waals surface area contributed by atoms with Gasteiger partial charge in [0.25, 0.3) is 0 Å². The summed E-state index contributed by atoms with van der Waals surface area (Å²) in [7, 11) is 0. The van der Waals surface area contributed by atoms with Crippen LogP contribution < -0.4 is 0 Å². The lowest BCUT2D eigenvalue weighted by Gasteiger charge is -2.27. The van der Waals surface area contributed by atoms with E-state index in [9.17, 15) is 4.79 Å². The Kier molecular flexibility index (Phi) is 6.40. The van der Waals surface area contributed by atoms with Crippen molar-refractivity contribution in [1.29, 1.82) is 0 Å². The van der Waals surface area contributed by atoms with Crippen LogP contribution in [-0.2, 0) is 4.74 Å². The summed E-state index contributed by atoms with van der Waals surface area (Å²) < 4.78 is 7.41. The quantitative estimate of drug-likeness (QED) is 0.374. The number of aromatic nitrogens is 2. The average Bonchev–Trinajstić information content (AvgIpc) is 3.16. The number of nitrogens with zero attached hydrogens (tertiary/aromatic N) is 2. The molecule has 1 N–H and O–H groups in total. The second-order valence-corrected chi connectivity index (χ2v) is 9.97. The van der Waals surface area contributed by atoms with E-state index in [1.807, 2.05) is 45.0 Å². The summed E-state index contributed by atoms with van der Waals surface area (Å²) in [5, 5.41) is 0. The monoisotopic (exact) mass is 555 g/mol. The molecule has 0 bridgehead atoms. The van der Waals surface area contributed by atoms with Crippen LogP contribution in [0.1, 0.15) is 57.2 Å². The Balaban J connectivity index is 1.82. The van der Waals surface area contributed by atoms with Crippen LogP contribution in [0.4, 0.5) is 4.79 Å².